The Morgan fingerprint density at radius 3 is 2.48 bits per heavy atom. The molecule has 2 aromatic heterocycles. The van der Waals surface area contributed by atoms with Crippen LogP contribution in [0.1, 0.15) is 64.6 Å². The number of rotatable bonds is 6. The Morgan fingerprint density at radius 2 is 1.89 bits per heavy atom. The highest BCUT2D eigenvalue weighted by Crippen LogP contribution is 2.53. The van der Waals surface area contributed by atoms with E-state index >= 15 is 0 Å². The predicted octanol–water partition coefficient (Wildman–Crippen LogP) is 1.66. The van der Waals surface area contributed by atoms with Crippen LogP contribution in [0.25, 0.3) is 11.2 Å². The van der Waals surface area contributed by atoms with Gasteiger partial charge in [0.05, 0.1) is 11.7 Å². The number of aromatic nitrogens is 4. The predicted molar refractivity (Wildman–Crippen MR) is 103 cm³/mol. The summed E-state index contributed by atoms with van der Waals surface area (Å²) in [5, 5.41) is 23.2. The van der Waals surface area contributed by atoms with Gasteiger partial charge in [-0.3, -0.25) is 4.57 Å². The van der Waals surface area contributed by atoms with E-state index in [2.05, 4.69) is 15.3 Å². The first-order chi connectivity index (χ1) is 12.9. The van der Waals surface area contributed by atoms with E-state index in [1.165, 1.54) is 0 Å². The molecule has 2 bridgehead atoms. The molecular formula is C19H29N5O3. The van der Waals surface area contributed by atoms with E-state index in [0.29, 0.717) is 24.6 Å². The lowest BCUT2D eigenvalue weighted by atomic mass is 9.58. The van der Waals surface area contributed by atoms with Crippen molar-refractivity contribution in [3.63, 3.8) is 0 Å². The molecule has 0 spiro atoms. The number of imidazole rings is 1. The Hall–Kier alpha value is -1.93. The molecule has 0 aliphatic heterocycles. The number of nitrogens with one attached hydrogen (secondary N) is 2. The second-order valence-corrected chi connectivity index (χ2v) is 8.41. The largest absolute Gasteiger partial charge is 0.392 e. The van der Waals surface area contributed by atoms with Gasteiger partial charge < -0.3 is 20.5 Å². The van der Waals surface area contributed by atoms with Crippen molar-refractivity contribution in [2.24, 2.45) is 0 Å². The standard InChI is InChI=1S/C19H29N5O3/c1-3-10-24-15-13(14(22-17(24)26)20-11-12(2)25)21-16(23-15)18-4-7-19(27,8-5-18)9-6-18/h12,25,27H,3-11H2,1-2H3,(H,21,23)(H,20,22,26)/t12-,18?,19?/m1/s1. The number of aryl methyl sites for hydroxylation is 1. The highest BCUT2D eigenvalue weighted by molar-refractivity contribution is 5.83. The number of hydrogen-bond donors (Lipinski definition) is 4. The van der Waals surface area contributed by atoms with E-state index in [0.717, 1.165) is 56.3 Å². The lowest BCUT2D eigenvalue weighted by molar-refractivity contribution is -0.0677. The van der Waals surface area contributed by atoms with Crippen LogP contribution in [-0.4, -0.2) is 48.0 Å². The van der Waals surface area contributed by atoms with Gasteiger partial charge in [-0.25, -0.2) is 9.78 Å². The van der Waals surface area contributed by atoms with Crippen LogP contribution in [0.4, 0.5) is 5.82 Å². The van der Waals surface area contributed by atoms with Crippen LogP contribution in [0.2, 0.25) is 0 Å². The van der Waals surface area contributed by atoms with Crippen LogP contribution in [0.3, 0.4) is 0 Å². The molecule has 8 heteroatoms. The molecule has 0 amide bonds. The van der Waals surface area contributed by atoms with Crippen molar-refractivity contribution in [1.29, 1.82) is 0 Å². The summed E-state index contributed by atoms with van der Waals surface area (Å²) in [7, 11) is 0. The number of hydrogen-bond acceptors (Lipinski definition) is 6. The van der Waals surface area contributed by atoms with Crippen LogP contribution in [0.15, 0.2) is 4.79 Å². The first-order valence-corrected chi connectivity index (χ1v) is 10.0. The molecule has 5 rings (SSSR count). The van der Waals surface area contributed by atoms with Crippen molar-refractivity contribution >= 4 is 17.0 Å². The molecule has 2 aromatic rings. The number of fused-ring (bicyclic) bond motifs is 4. The fraction of sp³-hybridized carbons (Fsp3) is 0.737. The summed E-state index contributed by atoms with van der Waals surface area (Å²) in [6.07, 6.45) is 5.40. The summed E-state index contributed by atoms with van der Waals surface area (Å²) >= 11 is 0. The van der Waals surface area contributed by atoms with Gasteiger partial charge in [0.2, 0.25) is 0 Å². The van der Waals surface area contributed by atoms with Crippen molar-refractivity contribution in [3.05, 3.63) is 16.3 Å². The van der Waals surface area contributed by atoms with Crippen LogP contribution in [0, 0.1) is 0 Å². The van der Waals surface area contributed by atoms with E-state index in [9.17, 15) is 15.0 Å². The van der Waals surface area contributed by atoms with Crippen molar-refractivity contribution in [3.8, 4) is 0 Å². The third-order valence-electron chi connectivity index (χ3n) is 6.34. The summed E-state index contributed by atoms with van der Waals surface area (Å²) < 4.78 is 1.63. The van der Waals surface area contributed by atoms with Gasteiger partial charge in [0, 0.05) is 18.5 Å². The number of aliphatic hydroxyl groups excluding tert-OH is 1. The summed E-state index contributed by atoms with van der Waals surface area (Å²) in [6.45, 7) is 4.58. The van der Waals surface area contributed by atoms with E-state index in [1.54, 1.807) is 11.5 Å². The molecule has 8 nitrogen and oxygen atoms in total. The van der Waals surface area contributed by atoms with Gasteiger partial charge in [-0.15, -0.1) is 0 Å². The SMILES string of the molecule is CCCn1c(=O)nc(NC[C@@H](C)O)c2[nH]c(C34CCC(O)(CC3)CC4)nc21. The number of H-pyrrole nitrogens is 1. The maximum atomic E-state index is 12.5. The Morgan fingerprint density at radius 1 is 1.22 bits per heavy atom. The van der Waals surface area contributed by atoms with Gasteiger partial charge in [-0.05, 0) is 51.9 Å². The molecule has 0 aromatic carbocycles. The molecule has 0 radical (unpaired) electrons. The topological polar surface area (TPSA) is 116 Å². The van der Waals surface area contributed by atoms with E-state index < -0.39 is 11.7 Å². The summed E-state index contributed by atoms with van der Waals surface area (Å²) in [4.78, 5) is 25.1. The molecular weight excluding hydrogens is 346 g/mol. The first kappa shape index (κ1) is 18.4. The van der Waals surface area contributed by atoms with Crippen LogP contribution < -0.4 is 11.0 Å². The summed E-state index contributed by atoms with van der Waals surface area (Å²) in [5.74, 6) is 1.35. The fourth-order valence-electron chi connectivity index (χ4n) is 4.60. The zero-order chi connectivity index (χ0) is 19.2. The smallest absolute Gasteiger partial charge is 0.351 e. The minimum atomic E-state index is -0.546. The average Bonchev–Trinajstić information content (AvgIpc) is 3.09. The van der Waals surface area contributed by atoms with Gasteiger partial charge in [0.15, 0.2) is 11.5 Å². The highest BCUT2D eigenvalue weighted by atomic mass is 16.3. The molecule has 0 unspecified atom stereocenters. The van der Waals surface area contributed by atoms with Gasteiger partial charge >= 0.3 is 5.69 Å². The molecule has 0 saturated heterocycles. The molecule has 148 valence electrons. The molecule has 2 heterocycles. The molecule has 3 fully saturated rings. The van der Waals surface area contributed by atoms with Crippen LogP contribution in [0.5, 0.6) is 0 Å². The fourth-order valence-corrected chi connectivity index (χ4v) is 4.60. The van der Waals surface area contributed by atoms with Crippen molar-refractivity contribution in [2.75, 3.05) is 11.9 Å². The summed E-state index contributed by atoms with van der Waals surface area (Å²) in [6, 6.07) is 0. The number of nitrogens with zero attached hydrogens (tertiary/aromatic N) is 3. The second kappa shape index (κ2) is 6.60. The van der Waals surface area contributed by atoms with Crippen molar-refractivity contribution < 1.29 is 10.2 Å². The Kier molecular flexibility index (Phi) is 4.50. The number of aromatic amines is 1. The molecule has 27 heavy (non-hydrogen) atoms. The quantitative estimate of drug-likeness (QED) is 0.610. The van der Waals surface area contributed by atoms with E-state index in [-0.39, 0.29) is 11.1 Å². The van der Waals surface area contributed by atoms with Gasteiger partial charge in [-0.2, -0.15) is 4.98 Å². The maximum absolute atomic E-state index is 12.5. The molecule has 3 aliphatic carbocycles. The van der Waals surface area contributed by atoms with Gasteiger partial charge in [-0.1, -0.05) is 6.92 Å². The Labute approximate surface area is 158 Å². The first-order valence-electron chi connectivity index (χ1n) is 10.0. The average molecular weight is 375 g/mol. The normalized spacial score (nSPS) is 28.6. The Balaban J connectivity index is 1.80. The number of anilines is 1. The van der Waals surface area contributed by atoms with Crippen molar-refractivity contribution in [2.45, 2.75) is 82.5 Å². The molecule has 4 N–H and O–H groups in total. The van der Waals surface area contributed by atoms with Gasteiger partial charge in [0.25, 0.3) is 0 Å². The minimum absolute atomic E-state index is 0.0574. The lowest BCUT2D eigenvalue weighted by Crippen LogP contribution is -2.48. The zero-order valence-electron chi connectivity index (χ0n) is 16.1. The second-order valence-electron chi connectivity index (χ2n) is 8.41. The number of aliphatic hydroxyl groups is 2. The third-order valence-corrected chi connectivity index (χ3v) is 6.34. The minimum Gasteiger partial charge on any atom is -0.392 e. The van der Waals surface area contributed by atoms with E-state index in [4.69, 9.17) is 4.98 Å². The maximum Gasteiger partial charge on any atom is 0.351 e. The molecule has 1 atom stereocenters. The third kappa shape index (κ3) is 3.14. The lowest BCUT2D eigenvalue weighted by Gasteiger charge is -2.49. The van der Waals surface area contributed by atoms with Gasteiger partial charge in [0.1, 0.15) is 11.3 Å². The Bertz CT molecular complexity index is 876. The van der Waals surface area contributed by atoms with Crippen LogP contribution >= 0.6 is 0 Å². The molecule has 3 aliphatic rings. The zero-order valence-corrected chi connectivity index (χ0v) is 16.1. The van der Waals surface area contributed by atoms with Crippen molar-refractivity contribution in [1.82, 2.24) is 19.5 Å². The monoisotopic (exact) mass is 375 g/mol. The summed E-state index contributed by atoms with van der Waals surface area (Å²) in [5.41, 5.74) is 0.469. The van der Waals surface area contributed by atoms with E-state index in [1.807, 2.05) is 6.92 Å². The molecule has 3 saturated carbocycles. The van der Waals surface area contributed by atoms with Crippen LogP contribution in [-0.2, 0) is 12.0 Å². The highest BCUT2D eigenvalue weighted by Gasteiger charge is 2.50.